The lowest BCUT2D eigenvalue weighted by Gasteiger charge is -2.29. The second-order valence-corrected chi connectivity index (χ2v) is 7.60. The van der Waals surface area contributed by atoms with Crippen molar-refractivity contribution in [3.63, 3.8) is 0 Å². The molecule has 0 fully saturated rings. The zero-order valence-corrected chi connectivity index (χ0v) is 21.2. The normalized spacial score (nSPS) is 12.7. The molecule has 0 saturated heterocycles. The van der Waals surface area contributed by atoms with Gasteiger partial charge in [-0.3, -0.25) is 9.79 Å². The molecule has 0 bridgehead atoms. The average molecular weight is 518 g/mol. The second-order valence-electron chi connectivity index (χ2n) is 7.60. The third kappa shape index (κ3) is 10.8. The number of hydrogen-bond donors (Lipinski definition) is 3. The molecular weight excluding hydrogens is 477 g/mol. The average Bonchev–Trinajstić information content (AvgIpc) is 2.67. The van der Waals surface area contributed by atoms with Gasteiger partial charge in [0.05, 0.1) is 6.54 Å². The van der Waals surface area contributed by atoms with Crippen LogP contribution in [-0.4, -0.2) is 55.0 Å². The molecule has 29 heavy (non-hydrogen) atoms. The van der Waals surface area contributed by atoms with Crippen molar-refractivity contribution >= 4 is 35.8 Å². The molecule has 1 aromatic rings. The highest BCUT2D eigenvalue weighted by molar-refractivity contribution is 14.0. The summed E-state index contributed by atoms with van der Waals surface area (Å²) in [6.07, 6.45) is 0.471. The summed E-state index contributed by atoms with van der Waals surface area (Å²) in [6, 6.07) is 10.7. The standard InChI is InChI=1S/C22H39N5O.HI/c1-7-23-21(24-16-15-20(28)27(8-2)9-3)25-17-22(5,6)26-18(4)19-13-11-10-12-14-19;/h10-14,18,26H,7-9,15-17H2,1-6H3,(H2,23,24,25);1H. The smallest absolute Gasteiger partial charge is 0.224 e. The number of hydrogen-bond acceptors (Lipinski definition) is 3. The lowest BCUT2D eigenvalue weighted by molar-refractivity contribution is -0.130. The summed E-state index contributed by atoms with van der Waals surface area (Å²) >= 11 is 0. The molecule has 0 saturated carbocycles. The van der Waals surface area contributed by atoms with E-state index < -0.39 is 0 Å². The van der Waals surface area contributed by atoms with Crippen LogP contribution >= 0.6 is 24.0 Å². The number of halogens is 1. The zero-order valence-electron chi connectivity index (χ0n) is 18.9. The number of carbonyl (C=O) groups is 1. The van der Waals surface area contributed by atoms with Crippen molar-refractivity contribution in [1.29, 1.82) is 0 Å². The van der Waals surface area contributed by atoms with E-state index in [1.807, 2.05) is 31.7 Å². The Kier molecular flexibility index (Phi) is 13.9. The number of guanidine groups is 1. The molecule has 1 aromatic carbocycles. The highest BCUT2D eigenvalue weighted by Crippen LogP contribution is 2.16. The van der Waals surface area contributed by atoms with Gasteiger partial charge in [0.15, 0.2) is 5.96 Å². The monoisotopic (exact) mass is 517 g/mol. The Hall–Kier alpha value is -1.35. The van der Waals surface area contributed by atoms with Gasteiger partial charge in [0.25, 0.3) is 0 Å². The maximum absolute atomic E-state index is 12.1. The van der Waals surface area contributed by atoms with Crippen LogP contribution in [0, 0.1) is 0 Å². The van der Waals surface area contributed by atoms with Gasteiger partial charge in [-0.1, -0.05) is 30.3 Å². The third-order valence-corrected chi connectivity index (χ3v) is 4.63. The van der Waals surface area contributed by atoms with E-state index in [0.29, 0.717) is 19.5 Å². The number of benzene rings is 1. The van der Waals surface area contributed by atoms with E-state index in [0.717, 1.165) is 25.6 Å². The van der Waals surface area contributed by atoms with Crippen LogP contribution in [0.4, 0.5) is 0 Å². The molecule has 0 aliphatic carbocycles. The molecule has 3 N–H and O–H groups in total. The SMILES string of the molecule is CCNC(=NCC(C)(C)NC(C)c1ccccc1)NCCC(=O)N(CC)CC.I. The first-order chi connectivity index (χ1) is 13.3. The van der Waals surface area contributed by atoms with Crippen LogP contribution in [-0.2, 0) is 4.79 Å². The molecule has 0 aliphatic rings. The summed E-state index contributed by atoms with van der Waals surface area (Å²) in [6.45, 7) is 16.0. The minimum Gasteiger partial charge on any atom is -0.357 e. The van der Waals surface area contributed by atoms with Crippen LogP contribution < -0.4 is 16.0 Å². The number of nitrogens with one attached hydrogen (secondary N) is 3. The molecule has 7 heteroatoms. The fraction of sp³-hybridized carbons (Fsp3) is 0.636. The van der Waals surface area contributed by atoms with E-state index >= 15 is 0 Å². The van der Waals surface area contributed by atoms with Gasteiger partial charge in [-0.2, -0.15) is 0 Å². The largest absolute Gasteiger partial charge is 0.357 e. The molecule has 1 unspecified atom stereocenters. The quantitative estimate of drug-likeness (QED) is 0.239. The van der Waals surface area contributed by atoms with Crippen molar-refractivity contribution in [3.05, 3.63) is 35.9 Å². The summed E-state index contributed by atoms with van der Waals surface area (Å²) in [5, 5.41) is 10.2. The molecule has 0 spiro atoms. The number of aliphatic imine (C=N–C) groups is 1. The molecule has 166 valence electrons. The van der Waals surface area contributed by atoms with Crippen molar-refractivity contribution in [3.8, 4) is 0 Å². The Morgan fingerprint density at radius 3 is 2.28 bits per heavy atom. The van der Waals surface area contributed by atoms with Crippen molar-refractivity contribution in [2.24, 2.45) is 4.99 Å². The van der Waals surface area contributed by atoms with Crippen LogP contribution in [0.25, 0.3) is 0 Å². The molecule has 1 atom stereocenters. The highest BCUT2D eigenvalue weighted by atomic mass is 127. The van der Waals surface area contributed by atoms with Crippen LogP contribution in [0.5, 0.6) is 0 Å². The lowest BCUT2D eigenvalue weighted by atomic mass is 10.0. The Balaban J connectivity index is 0.00000784. The molecule has 0 radical (unpaired) electrons. The number of carbonyl (C=O) groups excluding carboxylic acids is 1. The van der Waals surface area contributed by atoms with Gasteiger partial charge in [-0.25, -0.2) is 0 Å². The molecule has 0 aromatic heterocycles. The summed E-state index contributed by atoms with van der Waals surface area (Å²) in [5.74, 6) is 0.920. The second kappa shape index (κ2) is 14.6. The first-order valence-electron chi connectivity index (χ1n) is 10.5. The first-order valence-corrected chi connectivity index (χ1v) is 10.5. The minimum absolute atomic E-state index is 0. The Morgan fingerprint density at radius 2 is 1.72 bits per heavy atom. The van der Waals surface area contributed by atoms with E-state index in [1.165, 1.54) is 5.56 Å². The molecule has 1 rings (SSSR count). The number of rotatable bonds is 11. The van der Waals surface area contributed by atoms with Crippen molar-refractivity contribution in [2.45, 2.75) is 59.5 Å². The van der Waals surface area contributed by atoms with E-state index in [2.05, 4.69) is 61.0 Å². The summed E-state index contributed by atoms with van der Waals surface area (Å²) in [4.78, 5) is 18.7. The first kappa shape index (κ1) is 27.6. The lowest BCUT2D eigenvalue weighted by Crippen LogP contribution is -2.45. The van der Waals surface area contributed by atoms with E-state index in [4.69, 9.17) is 4.99 Å². The number of amides is 1. The van der Waals surface area contributed by atoms with Gasteiger partial charge in [0.2, 0.25) is 5.91 Å². The predicted octanol–water partition coefficient (Wildman–Crippen LogP) is 3.55. The van der Waals surface area contributed by atoms with E-state index in [-0.39, 0.29) is 41.5 Å². The van der Waals surface area contributed by atoms with Crippen LogP contribution in [0.1, 0.15) is 59.6 Å². The Labute approximate surface area is 194 Å². The highest BCUT2D eigenvalue weighted by Gasteiger charge is 2.20. The molecule has 0 aliphatic heterocycles. The molecular formula is C22H40IN5O. The molecule has 6 nitrogen and oxygen atoms in total. The summed E-state index contributed by atoms with van der Waals surface area (Å²) in [7, 11) is 0. The van der Waals surface area contributed by atoms with Gasteiger partial charge in [0, 0.05) is 44.2 Å². The zero-order chi connectivity index (χ0) is 21.0. The maximum atomic E-state index is 12.1. The predicted molar refractivity (Wildman–Crippen MR) is 134 cm³/mol. The van der Waals surface area contributed by atoms with Gasteiger partial charge in [-0.15, -0.1) is 24.0 Å². The van der Waals surface area contributed by atoms with Gasteiger partial charge < -0.3 is 20.9 Å². The van der Waals surface area contributed by atoms with Crippen molar-refractivity contribution < 1.29 is 4.79 Å². The molecule has 1 amide bonds. The summed E-state index contributed by atoms with van der Waals surface area (Å²) in [5.41, 5.74) is 1.11. The fourth-order valence-corrected chi connectivity index (χ4v) is 3.10. The maximum Gasteiger partial charge on any atom is 0.224 e. The van der Waals surface area contributed by atoms with Crippen molar-refractivity contribution in [1.82, 2.24) is 20.9 Å². The van der Waals surface area contributed by atoms with Gasteiger partial charge in [-0.05, 0) is 47.1 Å². The fourth-order valence-electron chi connectivity index (χ4n) is 3.10. The minimum atomic E-state index is -0.158. The number of nitrogens with zero attached hydrogens (tertiary/aromatic N) is 2. The van der Waals surface area contributed by atoms with Crippen LogP contribution in [0.3, 0.4) is 0 Å². The Morgan fingerprint density at radius 1 is 1.10 bits per heavy atom. The van der Waals surface area contributed by atoms with Gasteiger partial charge in [0.1, 0.15) is 0 Å². The van der Waals surface area contributed by atoms with Crippen LogP contribution in [0.2, 0.25) is 0 Å². The van der Waals surface area contributed by atoms with E-state index in [1.54, 1.807) is 0 Å². The Bertz CT molecular complexity index is 602. The van der Waals surface area contributed by atoms with Gasteiger partial charge >= 0.3 is 0 Å². The third-order valence-electron chi connectivity index (χ3n) is 4.63. The molecule has 0 heterocycles. The van der Waals surface area contributed by atoms with Crippen molar-refractivity contribution in [2.75, 3.05) is 32.7 Å². The van der Waals surface area contributed by atoms with Crippen LogP contribution in [0.15, 0.2) is 35.3 Å². The topological polar surface area (TPSA) is 68.8 Å². The van der Waals surface area contributed by atoms with E-state index in [9.17, 15) is 4.79 Å². The summed E-state index contributed by atoms with van der Waals surface area (Å²) < 4.78 is 0.